The van der Waals surface area contributed by atoms with E-state index in [2.05, 4.69) is 55.1 Å². The Morgan fingerprint density at radius 1 is 1.12 bits per heavy atom. The van der Waals surface area contributed by atoms with Crippen LogP contribution in [0.4, 0.5) is 5.69 Å². The fourth-order valence-electron chi connectivity index (χ4n) is 3.61. The number of aryl methyl sites for hydroxylation is 1. The smallest absolute Gasteiger partial charge is 0.152 e. The number of carbonyl (C=O) groups excluding carboxylic acids is 1. The van der Waals surface area contributed by atoms with Crippen LogP contribution in [-0.4, -0.2) is 44.4 Å². The number of benzene rings is 2. The maximum atomic E-state index is 11.7. The Bertz CT molecular complexity index is 718. The molecule has 0 unspecified atom stereocenters. The van der Waals surface area contributed by atoms with Crippen LogP contribution in [0.15, 0.2) is 42.5 Å². The van der Waals surface area contributed by atoms with Crippen molar-refractivity contribution in [3.8, 4) is 11.1 Å². The summed E-state index contributed by atoms with van der Waals surface area (Å²) >= 11 is 0. The lowest BCUT2D eigenvalue weighted by molar-refractivity contribution is 0.112. The number of nitrogens with zero attached hydrogens (tertiary/aromatic N) is 2. The van der Waals surface area contributed by atoms with Crippen molar-refractivity contribution in [3.05, 3.63) is 53.6 Å². The highest BCUT2D eigenvalue weighted by Gasteiger charge is 2.22. The summed E-state index contributed by atoms with van der Waals surface area (Å²) in [6.45, 7) is 4.34. The molecule has 2 aromatic carbocycles. The lowest BCUT2D eigenvalue weighted by Gasteiger charge is -2.37. The molecule has 24 heavy (non-hydrogen) atoms. The van der Waals surface area contributed by atoms with Crippen molar-refractivity contribution in [3.63, 3.8) is 0 Å². The van der Waals surface area contributed by atoms with E-state index in [-0.39, 0.29) is 0 Å². The molecule has 1 saturated heterocycles. The van der Waals surface area contributed by atoms with E-state index in [4.69, 9.17) is 0 Å². The van der Waals surface area contributed by atoms with Gasteiger partial charge in [-0.2, -0.15) is 0 Å². The summed E-state index contributed by atoms with van der Waals surface area (Å²) in [6, 6.07) is 15.1. The van der Waals surface area contributed by atoms with Crippen LogP contribution in [0.25, 0.3) is 11.1 Å². The molecule has 1 fully saturated rings. The molecule has 0 bridgehead atoms. The third kappa shape index (κ3) is 3.36. The second-order valence-corrected chi connectivity index (χ2v) is 6.85. The Balaban J connectivity index is 1.90. The van der Waals surface area contributed by atoms with E-state index < -0.39 is 0 Å². The molecule has 0 saturated carbocycles. The van der Waals surface area contributed by atoms with Gasteiger partial charge in [0.05, 0.1) is 0 Å². The minimum Gasteiger partial charge on any atom is -0.371 e. The molecular weight excluding hydrogens is 296 g/mol. The molecule has 0 N–H and O–H groups in total. The molecule has 2 aromatic rings. The SMILES string of the molecule is Cc1ccccc1-c1ccc(N(C)C2CCN(C)CC2)c(C=O)c1. The van der Waals surface area contributed by atoms with E-state index in [1.807, 2.05) is 18.2 Å². The Kier molecular flexibility index (Phi) is 5.00. The highest BCUT2D eigenvalue weighted by atomic mass is 16.1. The zero-order valence-electron chi connectivity index (χ0n) is 14.8. The van der Waals surface area contributed by atoms with Gasteiger partial charge >= 0.3 is 0 Å². The fourth-order valence-corrected chi connectivity index (χ4v) is 3.61. The lowest BCUT2D eigenvalue weighted by atomic mass is 9.97. The number of piperidine rings is 1. The maximum Gasteiger partial charge on any atom is 0.152 e. The first-order valence-corrected chi connectivity index (χ1v) is 8.66. The highest BCUT2D eigenvalue weighted by molar-refractivity contribution is 5.88. The van der Waals surface area contributed by atoms with Crippen molar-refractivity contribution >= 4 is 12.0 Å². The Morgan fingerprint density at radius 3 is 2.50 bits per heavy atom. The van der Waals surface area contributed by atoms with E-state index in [9.17, 15) is 4.79 Å². The van der Waals surface area contributed by atoms with Crippen molar-refractivity contribution in [1.29, 1.82) is 0 Å². The second kappa shape index (κ2) is 7.18. The van der Waals surface area contributed by atoms with Gasteiger partial charge in [-0.05, 0) is 68.7 Å². The molecule has 126 valence electrons. The average Bonchev–Trinajstić information content (AvgIpc) is 2.61. The van der Waals surface area contributed by atoms with Gasteiger partial charge in [0.1, 0.15) is 0 Å². The van der Waals surface area contributed by atoms with Crippen LogP contribution in [0, 0.1) is 6.92 Å². The molecule has 0 spiro atoms. The molecule has 3 heteroatoms. The first kappa shape index (κ1) is 16.7. The monoisotopic (exact) mass is 322 g/mol. The third-order valence-electron chi connectivity index (χ3n) is 5.23. The molecule has 0 amide bonds. The highest BCUT2D eigenvalue weighted by Crippen LogP contribution is 2.30. The van der Waals surface area contributed by atoms with Gasteiger partial charge in [-0.3, -0.25) is 4.79 Å². The minimum absolute atomic E-state index is 0.504. The quantitative estimate of drug-likeness (QED) is 0.795. The van der Waals surface area contributed by atoms with E-state index in [1.165, 1.54) is 11.1 Å². The number of likely N-dealkylation sites (tertiary alicyclic amines) is 1. The van der Waals surface area contributed by atoms with Crippen LogP contribution < -0.4 is 4.90 Å². The predicted molar refractivity (Wildman–Crippen MR) is 101 cm³/mol. The first-order chi connectivity index (χ1) is 11.6. The van der Waals surface area contributed by atoms with Crippen molar-refractivity contribution in [2.75, 3.05) is 32.1 Å². The normalized spacial score (nSPS) is 16.1. The van der Waals surface area contributed by atoms with Crippen LogP contribution in [-0.2, 0) is 0 Å². The lowest BCUT2D eigenvalue weighted by Crippen LogP contribution is -2.42. The standard InChI is InChI=1S/C21H26N2O/c1-16-6-4-5-7-20(16)17-8-9-21(18(14-17)15-24)23(3)19-10-12-22(2)13-11-19/h4-9,14-15,19H,10-13H2,1-3H3. The Hall–Kier alpha value is -2.13. The molecular formula is C21H26N2O. The van der Waals surface area contributed by atoms with Crippen LogP contribution >= 0.6 is 0 Å². The Labute approximate surface area is 144 Å². The largest absolute Gasteiger partial charge is 0.371 e. The second-order valence-electron chi connectivity index (χ2n) is 6.85. The van der Waals surface area contributed by atoms with Crippen molar-refractivity contribution < 1.29 is 4.79 Å². The minimum atomic E-state index is 0.504. The summed E-state index contributed by atoms with van der Waals surface area (Å²) in [7, 11) is 4.29. The molecule has 3 nitrogen and oxygen atoms in total. The van der Waals surface area contributed by atoms with Crippen molar-refractivity contribution in [1.82, 2.24) is 4.90 Å². The number of aldehydes is 1. The Morgan fingerprint density at radius 2 is 1.83 bits per heavy atom. The van der Waals surface area contributed by atoms with Crippen LogP contribution in [0.2, 0.25) is 0 Å². The molecule has 0 aliphatic carbocycles. The van der Waals surface area contributed by atoms with Crippen molar-refractivity contribution in [2.45, 2.75) is 25.8 Å². The summed E-state index contributed by atoms with van der Waals surface area (Å²) in [6.07, 6.45) is 3.28. The van der Waals surface area contributed by atoms with Gasteiger partial charge < -0.3 is 9.80 Å². The van der Waals surface area contributed by atoms with Gasteiger partial charge in [0.2, 0.25) is 0 Å². The first-order valence-electron chi connectivity index (χ1n) is 8.66. The molecule has 3 rings (SSSR count). The summed E-state index contributed by atoms with van der Waals surface area (Å²) in [5.74, 6) is 0. The van der Waals surface area contributed by atoms with Gasteiger partial charge in [-0.1, -0.05) is 30.3 Å². The fraction of sp³-hybridized carbons (Fsp3) is 0.381. The average molecular weight is 322 g/mol. The molecule has 1 aliphatic heterocycles. The van der Waals surface area contributed by atoms with E-state index in [0.29, 0.717) is 6.04 Å². The van der Waals surface area contributed by atoms with E-state index in [1.54, 1.807) is 0 Å². The number of anilines is 1. The van der Waals surface area contributed by atoms with E-state index >= 15 is 0 Å². The van der Waals surface area contributed by atoms with E-state index in [0.717, 1.165) is 49.0 Å². The molecule has 0 radical (unpaired) electrons. The summed E-state index contributed by atoms with van der Waals surface area (Å²) in [5, 5.41) is 0. The number of hydrogen-bond donors (Lipinski definition) is 0. The number of carbonyl (C=O) groups is 1. The summed E-state index contributed by atoms with van der Waals surface area (Å²) in [5.41, 5.74) is 5.34. The number of hydrogen-bond acceptors (Lipinski definition) is 3. The van der Waals surface area contributed by atoms with Crippen LogP contribution in [0.3, 0.4) is 0 Å². The van der Waals surface area contributed by atoms with Gasteiger partial charge in [-0.25, -0.2) is 0 Å². The number of rotatable bonds is 4. The maximum absolute atomic E-state index is 11.7. The summed E-state index contributed by atoms with van der Waals surface area (Å²) in [4.78, 5) is 16.4. The molecule has 0 aromatic heterocycles. The predicted octanol–water partition coefficient (Wildman–Crippen LogP) is 4.00. The third-order valence-corrected chi connectivity index (χ3v) is 5.23. The summed E-state index contributed by atoms with van der Waals surface area (Å²) < 4.78 is 0. The zero-order chi connectivity index (χ0) is 17.1. The van der Waals surface area contributed by atoms with Crippen LogP contribution in [0.5, 0.6) is 0 Å². The van der Waals surface area contributed by atoms with Crippen molar-refractivity contribution in [2.24, 2.45) is 0 Å². The van der Waals surface area contributed by atoms with Gasteiger partial charge in [-0.15, -0.1) is 0 Å². The van der Waals surface area contributed by atoms with Gasteiger partial charge in [0.25, 0.3) is 0 Å². The topological polar surface area (TPSA) is 23.6 Å². The van der Waals surface area contributed by atoms with Crippen LogP contribution in [0.1, 0.15) is 28.8 Å². The van der Waals surface area contributed by atoms with Gasteiger partial charge in [0.15, 0.2) is 6.29 Å². The van der Waals surface area contributed by atoms with Gasteiger partial charge in [0, 0.05) is 24.3 Å². The molecule has 1 aliphatic rings. The zero-order valence-corrected chi connectivity index (χ0v) is 14.8. The molecule has 0 atom stereocenters. The molecule has 1 heterocycles.